The number of allylic oxidation sites excluding steroid dienone is 2. The number of carbonyl (C=O) groups is 1. The van der Waals surface area contributed by atoms with E-state index in [9.17, 15) is 13.6 Å². The molecule has 1 aromatic carbocycles. The Morgan fingerprint density at radius 1 is 1.40 bits per heavy atom. The van der Waals surface area contributed by atoms with Crippen molar-refractivity contribution < 1.29 is 13.6 Å². The van der Waals surface area contributed by atoms with E-state index in [1.807, 2.05) is 6.92 Å². The summed E-state index contributed by atoms with van der Waals surface area (Å²) in [4.78, 5) is 11.7. The molecule has 1 rings (SSSR count). The second kappa shape index (κ2) is 4.82. The molecule has 0 saturated heterocycles. The molecular weight excluding hydrogens is 198 g/mol. The van der Waals surface area contributed by atoms with Gasteiger partial charge in [0.1, 0.15) is 11.6 Å². The van der Waals surface area contributed by atoms with Gasteiger partial charge in [-0.1, -0.05) is 13.0 Å². The van der Waals surface area contributed by atoms with Crippen LogP contribution in [0.4, 0.5) is 8.78 Å². The highest BCUT2D eigenvalue weighted by Crippen LogP contribution is 2.15. The Kier molecular flexibility index (Phi) is 3.72. The summed E-state index contributed by atoms with van der Waals surface area (Å²) in [6, 6.07) is 2.97. The topological polar surface area (TPSA) is 17.1 Å². The number of rotatable bonds is 3. The van der Waals surface area contributed by atoms with Crippen LogP contribution in [-0.2, 0) is 0 Å². The Labute approximate surface area is 87.4 Å². The zero-order chi connectivity index (χ0) is 11.4. The van der Waals surface area contributed by atoms with Gasteiger partial charge in [0.2, 0.25) is 0 Å². The summed E-state index contributed by atoms with van der Waals surface area (Å²) in [7, 11) is 0. The van der Waals surface area contributed by atoms with Gasteiger partial charge in [-0.3, -0.25) is 4.79 Å². The monoisotopic (exact) mass is 210 g/mol. The summed E-state index contributed by atoms with van der Waals surface area (Å²) in [5.41, 5.74) is 0.451. The lowest BCUT2D eigenvalue weighted by atomic mass is 10.0. The highest BCUT2D eigenvalue weighted by Gasteiger charge is 2.14. The van der Waals surface area contributed by atoms with Crippen LogP contribution in [0.25, 0.3) is 0 Å². The maximum Gasteiger partial charge on any atom is 0.191 e. The van der Waals surface area contributed by atoms with Crippen molar-refractivity contribution in [3.05, 3.63) is 47.0 Å². The third-order valence-electron chi connectivity index (χ3n) is 2.20. The van der Waals surface area contributed by atoms with Crippen LogP contribution < -0.4 is 0 Å². The second-order valence-electron chi connectivity index (χ2n) is 3.12. The minimum atomic E-state index is -0.812. The molecule has 0 atom stereocenters. The molecule has 1 nitrogen and oxygen atoms in total. The van der Waals surface area contributed by atoms with Gasteiger partial charge in [0, 0.05) is 6.07 Å². The zero-order valence-corrected chi connectivity index (χ0v) is 8.68. The molecule has 80 valence electrons. The molecule has 0 spiro atoms. The quantitative estimate of drug-likeness (QED) is 0.551. The van der Waals surface area contributed by atoms with Crippen molar-refractivity contribution in [1.29, 1.82) is 0 Å². The lowest BCUT2D eigenvalue weighted by molar-refractivity contribution is 0.102. The first-order chi connectivity index (χ1) is 7.10. The van der Waals surface area contributed by atoms with E-state index in [2.05, 4.69) is 0 Å². The molecule has 15 heavy (non-hydrogen) atoms. The predicted molar refractivity (Wildman–Crippen MR) is 54.7 cm³/mol. The number of hydrogen-bond acceptors (Lipinski definition) is 1. The van der Waals surface area contributed by atoms with Crippen LogP contribution in [0, 0.1) is 11.6 Å². The van der Waals surface area contributed by atoms with Crippen molar-refractivity contribution in [2.24, 2.45) is 0 Å². The van der Waals surface area contributed by atoms with Crippen molar-refractivity contribution in [3.63, 3.8) is 0 Å². The fraction of sp³-hybridized carbons (Fsp3) is 0.250. The largest absolute Gasteiger partial charge is 0.289 e. The van der Waals surface area contributed by atoms with Crippen molar-refractivity contribution in [3.8, 4) is 0 Å². The van der Waals surface area contributed by atoms with Crippen LogP contribution in [0.2, 0.25) is 0 Å². The molecule has 0 unspecified atom stereocenters. The first-order valence-corrected chi connectivity index (χ1v) is 4.75. The van der Waals surface area contributed by atoms with Crippen LogP contribution in [0.15, 0.2) is 29.8 Å². The molecule has 3 heteroatoms. The van der Waals surface area contributed by atoms with Gasteiger partial charge in [0.05, 0.1) is 5.56 Å². The summed E-state index contributed by atoms with van der Waals surface area (Å²) in [5, 5.41) is 0. The molecular formula is C12H12F2O. The first kappa shape index (κ1) is 11.6. The molecule has 0 amide bonds. The van der Waals surface area contributed by atoms with Crippen LogP contribution in [0.5, 0.6) is 0 Å². The van der Waals surface area contributed by atoms with Crippen LogP contribution in [-0.4, -0.2) is 5.78 Å². The van der Waals surface area contributed by atoms with Crippen LogP contribution in [0.1, 0.15) is 30.6 Å². The zero-order valence-electron chi connectivity index (χ0n) is 8.68. The van der Waals surface area contributed by atoms with E-state index in [-0.39, 0.29) is 11.3 Å². The number of benzene rings is 1. The van der Waals surface area contributed by atoms with E-state index in [1.54, 1.807) is 13.0 Å². The Morgan fingerprint density at radius 3 is 2.53 bits per heavy atom. The van der Waals surface area contributed by atoms with Crippen molar-refractivity contribution in [1.82, 2.24) is 0 Å². The summed E-state index contributed by atoms with van der Waals surface area (Å²) in [5.74, 6) is -1.87. The lowest BCUT2D eigenvalue weighted by Gasteiger charge is -2.04. The minimum Gasteiger partial charge on any atom is -0.289 e. The maximum atomic E-state index is 13.2. The average molecular weight is 210 g/mol. The van der Waals surface area contributed by atoms with Crippen molar-refractivity contribution in [2.75, 3.05) is 0 Å². The van der Waals surface area contributed by atoms with Gasteiger partial charge in [-0.25, -0.2) is 8.78 Å². The second-order valence-corrected chi connectivity index (χ2v) is 3.12. The molecule has 0 heterocycles. The Hall–Kier alpha value is -1.51. The molecule has 0 aliphatic carbocycles. The molecule has 0 bridgehead atoms. The van der Waals surface area contributed by atoms with Gasteiger partial charge < -0.3 is 0 Å². The third kappa shape index (κ3) is 2.49. The fourth-order valence-electron chi connectivity index (χ4n) is 1.34. The van der Waals surface area contributed by atoms with Crippen LogP contribution in [0.3, 0.4) is 0 Å². The van der Waals surface area contributed by atoms with Gasteiger partial charge in [0.25, 0.3) is 0 Å². The summed E-state index contributed by atoms with van der Waals surface area (Å²) < 4.78 is 25.9. The van der Waals surface area contributed by atoms with Gasteiger partial charge in [-0.2, -0.15) is 0 Å². The standard InChI is InChI=1S/C12H12F2O/c1-3-8(4-2)12(15)10-6-5-9(13)7-11(10)14/h3,5-7H,4H2,1-2H3/b8-3-. The SMILES string of the molecule is C/C=C(/CC)C(=O)c1ccc(F)cc1F. The van der Waals surface area contributed by atoms with Gasteiger partial charge in [-0.15, -0.1) is 0 Å². The molecule has 0 aromatic heterocycles. The normalized spacial score (nSPS) is 11.6. The highest BCUT2D eigenvalue weighted by atomic mass is 19.1. The van der Waals surface area contributed by atoms with E-state index < -0.39 is 11.6 Å². The molecule has 0 aliphatic heterocycles. The fourth-order valence-corrected chi connectivity index (χ4v) is 1.34. The molecule has 0 N–H and O–H groups in total. The Bertz CT molecular complexity index is 408. The third-order valence-corrected chi connectivity index (χ3v) is 2.20. The van der Waals surface area contributed by atoms with E-state index in [1.165, 1.54) is 6.07 Å². The maximum absolute atomic E-state index is 13.2. The van der Waals surface area contributed by atoms with Gasteiger partial charge in [-0.05, 0) is 31.1 Å². The van der Waals surface area contributed by atoms with Gasteiger partial charge in [0.15, 0.2) is 5.78 Å². The number of hydrogen-bond donors (Lipinski definition) is 0. The number of halogens is 2. The molecule has 0 saturated carbocycles. The number of carbonyl (C=O) groups excluding carboxylic acids is 1. The summed E-state index contributed by atoms with van der Waals surface area (Å²) in [6.45, 7) is 3.53. The van der Waals surface area contributed by atoms with E-state index in [4.69, 9.17) is 0 Å². The highest BCUT2D eigenvalue weighted by molar-refractivity contribution is 6.08. The smallest absolute Gasteiger partial charge is 0.191 e. The predicted octanol–water partition coefficient (Wildman–Crippen LogP) is 3.50. The summed E-state index contributed by atoms with van der Waals surface area (Å²) >= 11 is 0. The van der Waals surface area contributed by atoms with Gasteiger partial charge >= 0.3 is 0 Å². The minimum absolute atomic E-state index is 0.0775. The van der Waals surface area contributed by atoms with E-state index >= 15 is 0 Å². The first-order valence-electron chi connectivity index (χ1n) is 4.75. The molecule has 0 radical (unpaired) electrons. The average Bonchev–Trinajstić information content (AvgIpc) is 2.19. The van der Waals surface area contributed by atoms with E-state index in [0.29, 0.717) is 12.0 Å². The lowest BCUT2D eigenvalue weighted by Crippen LogP contribution is -2.05. The molecule has 1 aromatic rings. The molecule has 0 aliphatic rings. The Balaban J connectivity index is 3.12. The number of Topliss-reactive ketones (excluding diaryl/α,β-unsaturated/α-hetero) is 1. The van der Waals surface area contributed by atoms with Crippen molar-refractivity contribution in [2.45, 2.75) is 20.3 Å². The number of ketones is 1. The van der Waals surface area contributed by atoms with E-state index in [0.717, 1.165) is 12.1 Å². The van der Waals surface area contributed by atoms with Crippen molar-refractivity contribution >= 4 is 5.78 Å². The Morgan fingerprint density at radius 2 is 2.07 bits per heavy atom. The van der Waals surface area contributed by atoms with Crippen LogP contribution >= 0.6 is 0 Å². The molecule has 0 fully saturated rings. The summed E-state index contributed by atoms with van der Waals surface area (Å²) in [6.07, 6.45) is 2.18.